The molecule has 0 aromatic rings. The van der Waals surface area contributed by atoms with Crippen molar-refractivity contribution in [1.82, 2.24) is 9.80 Å². The first kappa shape index (κ1) is 18.7. The van der Waals surface area contributed by atoms with Gasteiger partial charge in [-0.05, 0) is 70.1 Å². The van der Waals surface area contributed by atoms with Gasteiger partial charge >= 0.3 is 0 Å². The second kappa shape index (κ2) is 8.55. The number of amides is 2. The first-order valence-electron chi connectivity index (χ1n) is 10.7. The van der Waals surface area contributed by atoms with Crippen molar-refractivity contribution in [2.24, 2.45) is 17.8 Å². The van der Waals surface area contributed by atoms with Gasteiger partial charge in [0.2, 0.25) is 11.8 Å². The van der Waals surface area contributed by atoms with Crippen molar-refractivity contribution < 1.29 is 9.59 Å². The van der Waals surface area contributed by atoms with Gasteiger partial charge in [0, 0.05) is 37.5 Å². The van der Waals surface area contributed by atoms with Gasteiger partial charge in [0.1, 0.15) is 0 Å². The average molecular weight is 349 g/mol. The van der Waals surface area contributed by atoms with E-state index in [4.69, 9.17) is 0 Å². The van der Waals surface area contributed by atoms with E-state index < -0.39 is 0 Å². The summed E-state index contributed by atoms with van der Waals surface area (Å²) in [7, 11) is 0. The average Bonchev–Trinajstić information content (AvgIpc) is 2.67. The molecule has 2 aliphatic heterocycles. The fourth-order valence-electron chi connectivity index (χ4n) is 5.18. The highest BCUT2D eigenvalue weighted by Gasteiger charge is 2.36. The molecule has 0 aromatic heterocycles. The quantitative estimate of drug-likeness (QED) is 0.777. The van der Waals surface area contributed by atoms with Crippen molar-refractivity contribution in [2.45, 2.75) is 84.1 Å². The lowest BCUT2D eigenvalue weighted by Gasteiger charge is -2.40. The summed E-state index contributed by atoms with van der Waals surface area (Å²) in [5.41, 5.74) is 0. The van der Waals surface area contributed by atoms with Crippen LogP contribution in [0, 0.1) is 17.8 Å². The first-order valence-corrected chi connectivity index (χ1v) is 10.7. The maximum atomic E-state index is 13.0. The van der Waals surface area contributed by atoms with Gasteiger partial charge in [-0.3, -0.25) is 9.59 Å². The van der Waals surface area contributed by atoms with Crippen LogP contribution in [0.15, 0.2) is 0 Å². The van der Waals surface area contributed by atoms with Crippen LogP contribution in [0.5, 0.6) is 0 Å². The van der Waals surface area contributed by atoms with Crippen molar-refractivity contribution in [2.75, 3.05) is 19.6 Å². The fourth-order valence-corrected chi connectivity index (χ4v) is 5.18. The second-order valence-corrected chi connectivity index (χ2v) is 8.67. The van der Waals surface area contributed by atoms with E-state index in [0.717, 1.165) is 64.6 Å². The molecule has 4 heteroatoms. The standard InChI is InChI=1S/C21H36N2O2/c1-3-19-8-4-5-14-23(19)21(25)18-11-9-17(10-12-18)20(24)22-13-6-7-16(2)15-22/h16-19H,3-15H2,1-2H3. The lowest BCUT2D eigenvalue weighted by atomic mass is 9.79. The van der Waals surface area contributed by atoms with E-state index in [1.54, 1.807) is 0 Å². The molecule has 1 saturated carbocycles. The maximum absolute atomic E-state index is 13.0. The number of likely N-dealkylation sites (tertiary alicyclic amines) is 2. The third-order valence-electron chi connectivity index (χ3n) is 6.78. The van der Waals surface area contributed by atoms with E-state index in [1.165, 1.54) is 19.3 Å². The monoisotopic (exact) mass is 348 g/mol. The molecule has 0 N–H and O–H groups in total. The number of rotatable bonds is 3. The Morgan fingerprint density at radius 1 is 0.840 bits per heavy atom. The zero-order chi connectivity index (χ0) is 17.8. The number of piperidine rings is 2. The van der Waals surface area contributed by atoms with Crippen LogP contribution >= 0.6 is 0 Å². The lowest BCUT2D eigenvalue weighted by Crippen LogP contribution is -2.48. The zero-order valence-electron chi connectivity index (χ0n) is 16.2. The molecule has 2 heterocycles. The molecule has 4 nitrogen and oxygen atoms in total. The van der Waals surface area contributed by atoms with E-state index in [0.29, 0.717) is 23.8 Å². The van der Waals surface area contributed by atoms with Crippen LogP contribution in [0.25, 0.3) is 0 Å². The number of carbonyl (C=O) groups is 2. The maximum Gasteiger partial charge on any atom is 0.225 e. The molecule has 2 atom stereocenters. The van der Waals surface area contributed by atoms with Crippen LogP contribution in [0.4, 0.5) is 0 Å². The van der Waals surface area contributed by atoms with Gasteiger partial charge < -0.3 is 9.80 Å². The van der Waals surface area contributed by atoms with Crippen LogP contribution in [0.2, 0.25) is 0 Å². The fraction of sp³-hybridized carbons (Fsp3) is 0.905. The summed E-state index contributed by atoms with van der Waals surface area (Å²) in [6.07, 6.45) is 10.7. The van der Waals surface area contributed by atoms with E-state index in [1.807, 2.05) is 0 Å². The highest BCUT2D eigenvalue weighted by Crippen LogP contribution is 2.33. The molecule has 0 aromatic carbocycles. The molecule has 0 spiro atoms. The van der Waals surface area contributed by atoms with E-state index >= 15 is 0 Å². The Morgan fingerprint density at radius 2 is 1.52 bits per heavy atom. The van der Waals surface area contributed by atoms with Crippen molar-refractivity contribution in [1.29, 1.82) is 0 Å². The summed E-state index contributed by atoms with van der Waals surface area (Å²) in [6.45, 7) is 7.27. The molecule has 3 fully saturated rings. The smallest absolute Gasteiger partial charge is 0.225 e. The molecule has 3 aliphatic rings. The number of carbonyl (C=O) groups excluding carboxylic acids is 2. The number of hydrogen-bond donors (Lipinski definition) is 0. The molecule has 1 aliphatic carbocycles. The predicted octanol–water partition coefficient (Wildman–Crippen LogP) is 3.84. The van der Waals surface area contributed by atoms with Gasteiger partial charge in [-0.15, -0.1) is 0 Å². The van der Waals surface area contributed by atoms with Gasteiger partial charge in [-0.25, -0.2) is 0 Å². The molecule has 2 saturated heterocycles. The Labute approximate surface area is 153 Å². The summed E-state index contributed by atoms with van der Waals surface area (Å²) in [5, 5.41) is 0. The number of hydrogen-bond acceptors (Lipinski definition) is 2. The van der Waals surface area contributed by atoms with E-state index in [9.17, 15) is 9.59 Å². The minimum absolute atomic E-state index is 0.163. The molecular weight excluding hydrogens is 312 g/mol. The minimum Gasteiger partial charge on any atom is -0.342 e. The Balaban J connectivity index is 1.51. The molecule has 2 amide bonds. The summed E-state index contributed by atoms with van der Waals surface area (Å²) in [6, 6.07) is 0.454. The van der Waals surface area contributed by atoms with Gasteiger partial charge in [-0.2, -0.15) is 0 Å². The van der Waals surface area contributed by atoms with Crippen LogP contribution in [0.3, 0.4) is 0 Å². The van der Waals surface area contributed by atoms with Crippen molar-refractivity contribution in [3.63, 3.8) is 0 Å². The van der Waals surface area contributed by atoms with Crippen LogP contribution in [-0.2, 0) is 9.59 Å². The highest BCUT2D eigenvalue weighted by molar-refractivity contribution is 5.81. The highest BCUT2D eigenvalue weighted by atomic mass is 16.2. The van der Waals surface area contributed by atoms with Gasteiger partial charge in [0.15, 0.2) is 0 Å². The van der Waals surface area contributed by atoms with Crippen molar-refractivity contribution >= 4 is 11.8 Å². The summed E-state index contributed by atoms with van der Waals surface area (Å²) < 4.78 is 0. The van der Waals surface area contributed by atoms with Gasteiger partial charge in [0.25, 0.3) is 0 Å². The predicted molar refractivity (Wildman–Crippen MR) is 100 cm³/mol. The second-order valence-electron chi connectivity index (χ2n) is 8.67. The largest absolute Gasteiger partial charge is 0.342 e. The minimum atomic E-state index is 0.163. The third kappa shape index (κ3) is 4.38. The molecule has 142 valence electrons. The normalized spacial score (nSPS) is 34.0. The zero-order valence-corrected chi connectivity index (χ0v) is 16.2. The molecule has 0 bridgehead atoms. The van der Waals surface area contributed by atoms with Gasteiger partial charge in [0.05, 0.1) is 0 Å². The molecular formula is C21H36N2O2. The molecule has 25 heavy (non-hydrogen) atoms. The summed E-state index contributed by atoms with van der Waals surface area (Å²) in [5.74, 6) is 1.71. The third-order valence-corrected chi connectivity index (χ3v) is 6.78. The Bertz CT molecular complexity index is 471. The molecule has 3 rings (SSSR count). The van der Waals surface area contributed by atoms with E-state index in [2.05, 4.69) is 23.6 Å². The first-order chi connectivity index (χ1) is 12.1. The number of nitrogens with zero attached hydrogens (tertiary/aromatic N) is 2. The van der Waals surface area contributed by atoms with E-state index in [-0.39, 0.29) is 11.8 Å². The topological polar surface area (TPSA) is 40.6 Å². The Hall–Kier alpha value is -1.06. The van der Waals surface area contributed by atoms with Crippen molar-refractivity contribution in [3.8, 4) is 0 Å². The van der Waals surface area contributed by atoms with Crippen molar-refractivity contribution in [3.05, 3.63) is 0 Å². The lowest BCUT2D eigenvalue weighted by molar-refractivity contribution is -0.144. The Kier molecular flexibility index (Phi) is 6.40. The summed E-state index contributed by atoms with van der Waals surface area (Å²) >= 11 is 0. The van der Waals surface area contributed by atoms with Gasteiger partial charge in [-0.1, -0.05) is 13.8 Å². The Morgan fingerprint density at radius 3 is 2.16 bits per heavy atom. The van der Waals surface area contributed by atoms with Crippen LogP contribution in [-0.4, -0.2) is 47.3 Å². The summed E-state index contributed by atoms with van der Waals surface area (Å²) in [4.78, 5) is 30.0. The van der Waals surface area contributed by atoms with Crippen LogP contribution in [0.1, 0.15) is 78.1 Å². The SMILES string of the molecule is CCC1CCCCN1C(=O)C1CCC(C(=O)N2CCCC(C)C2)CC1. The van der Waals surface area contributed by atoms with Crippen LogP contribution < -0.4 is 0 Å². The molecule has 0 radical (unpaired) electrons. The molecule has 2 unspecified atom stereocenters.